The van der Waals surface area contributed by atoms with Crippen LogP contribution in [0.5, 0.6) is 0 Å². The molecular weight excluding hydrogens is 496 g/mol. The fourth-order valence-corrected chi connectivity index (χ4v) is 3.29. The number of nitrogens with zero attached hydrogens (tertiary/aromatic N) is 3. The monoisotopic (exact) mass is 506 g/mol. The Morgan fingerprint density at radius 3 is 1.86 bits per heavy atom. The lowest BCUT2D eigenvalue weighted by Crippen LogP contribution is -1.88. The van der Waals surface area contributed by atoms with E-state index in [1.807, 2.05) is 18.2 Å². The lowest BCUT2D eigenvalue weighted by atomic mass is 10.2. The van der Waals surface area contributed by atoms with Crippen molar-refractivity contribution >= 4 is 43.2 Å². The zero-order chi connectivity index (χ0) is 20.1. The van der Waals surface area contributed by atoms with Crippen molar-refractivity contribution in [1.82, 2.24) is 9.97 Å². The summed E-state index contributed by atoms with van der Waals surface area (Å²) in [4.78, 5) is 17.7. The van der Waals surface area contributed by atoms with Gasteiger partial charge in [0.1, 0.15) is 0 Å². The van der Waals surface area contributed by atoms with Gasteiger partial charge in [-0.1, -0.05) is 31.9 Å². The van der Waals surface area contributed by atoms with Crippen molar-refractivity contribution in [2.45, 2.75) is 0 Å². The van der Waals surface area contributed by atoms with Gasteiger partial charge in [-0.05, 0) is 24.3 Å². The Kier molecular flexibility index (Phi) is 6.22. The number of benzene rings is 2. The van der Waals surface area contributed by atoms with Crippen molar-refractivity contribution in [2.75, 3.05) is 5.73 Å². The van der Waals surface area contributed by atoms with Crippen LogP contribution in [0.3, 0.4) is 0 Å². The van der Waals surface area contributed by atoms with Crippen LogP contribution >= 0.6 is 31.9 Å². The maximum absolute atomic E-state index is 10.6. The number of hydrogen-bond acceptors (Lipinski definition) is 7. The van der Waals surface area contributed by atoms with E-state index in [0.717, 1.165) is 10.0 Å². The number of nitrogen functional groups attached to an aromatic ring is 1. The maximum atomic E-state index is 10.6. The summed E-state index contributed by atoms with van der Waals surface area (Å²) in [6.45, 7) is 0. The van der Waals surface area contributed by atoms with Crippen molar-refractivity contribution in [2.24, 2.45) is 0 Å². The first-order valence-corrected chi connectivity index (χ1v) is 9.30. The van der Waals surface area contributed by atoms with Crippen LogP contribution in [-0.2, 0) is 0 Å². The number of hydrogen-bond donors (Lipinski definition) is 1. The molecule has 8 nitrogen and oxygen atoms in total. The Labute approximate surface area is 175 Å². The molecule has 0 atom stereocenters. The summed E-state index contributed by atoms with van der Waals surface area (Å²) in [7, 11) is 0. The molecule has 0 saturated heterocycles. The molecule has 4 rings (SSSR count). The van der Waals surface area contributed by atoms with Gasteiger partial charge in [0.05, 0.1) is 17.3 Å². The molecular formula is C18H12Br2N4O4. The second-order valence-electron chi connectivity index (χ2n) is 5.46. The fourth-order valence-electron chi connectivity index (χ4n) is 2.29. The quantitative estimate of drug-likeness (QED) is 0.214. The van der Waals surface area contributed by atoms with Gasteiger partial charge >= 0.3 is 0 Å². The molecule has 2 N–H and O–H groups in total. The van der Waals surface area contributed by atoms with E-state index in [1.54, 1.807) is 12.3 Å². The van der Waals surface area contributed by atoms with Crippen LogP contribution in [0.1, 0.15) is 0 Å². The van der Waals surface area contributed by atoms with Crippen molar-refractivity contribution in [3.05, 3.63) is 80.6 Å². The third-order valence-corrected chi connectivity index (χ3v) is 4.36. The molecule has 0 radical (unpaired) electrons. The van der Waals surface area contributed by atoms with Crippen LogP contribution in [0.4, 0.5) is 11.4 Å². The number of nitro benzene ring substituents is 1. The predicted molar refractivity (Wildman–Crippen MR) is 110 cm³/mol. The summed E-state index contributed by atoms with van der Waals surface area (Å²) in [6.07, 6.45) is 5.83. The van der Waals surface area contributed by atoms with Crippen LogP contribution in [0.2, 0.25) is 0 Å². The SMILES string of the molecule is Nc1cc(Br)cc(-c2cnco2)c1.O=[N+]([O-])c1cc(Br)cc(-c2cnco2)c1. The Hall–Kier alpha value is -2.98. The molecule has 0 bridgehead atoms. The van der Waals surface area contributed by atoms with Crippen LogP contribution < -0.4 is 5.73 Å². The van der Waals surface area contributed by atoms with E-state index >= 15 is 0 Å². The van der Waals surface area contributed by atoms with E-state index < -0.39 is 4.92 Å². The number of aromatic nitrogens is 2. The summed E-state index contributed by atoms with van der Waals surface area (Å²) in [5.74, 6) is 1.22. The van der Waals surface area contributed by atoms with Crippen LogP contribution in [0, 0.1) is 10.1 Å². The van der Waals surface area contributed by atoms with E-state index in [9.17, 15) is 10.1 Å². The summed E-state index contributed by atoms with van der Waals surface area (Å²) in [5.41, 5.74) is 7.92. The minimum atomic E-state index is -0.454. The Morgan fingerprint density at radius 1 is 0.857 bits per heavy atom. The highest BCUT2D eigenvalue weighted by atomic mass is 79.9. The Bertz CT molecular complexity index is 1060. The van der Waals surface area contributed by atoms with Gasteiger partial charge in [-0.2, -0.15) is 0 Å². The first-order valence-electron chi connectivity index (χ1n) is 7.71. The van der Waals surface area contributed by atoms with E-state index in [2.05, 4.69) is 41.8 Å². The van der Waals surface area contributed by atoms with Gasteiger partial charge in [-0.25, -0.2) is 9.97 Å². The molecule has 0 aliphatic carbocycles. The van der Waals surface area contributed by atoms with Gasteiger partial charge in [-0.3, -0.25) is 10.1 Å². The van der Waals surface area contributed by atoms with Gasteiger partial charge in [0.15, 0.2) is 24.3 Å². The molecule has 0 unspecified atom stereocenters. The number of oxazole rings is 2. The van der Waals surface area contributed by atoms with E-state index in [1.165, 1.54) is 31.1 Å². The first kappa shape index (κ1) is 19.8. The molecule has 2 aromatic carbocycles. The lowest BCUT2D eigenvalue weighted by Gasteiger charge is -1.99. The molecule has 0 aliphatic heterocycles. The number of anilines is 1. The molecule has 2 aromatic heterocycles. The number of halogens is 2. The molecule has 0 amide bonds. The second-order valence-corrected chi connectivity index (χ2v) is 7.29. The van der Waals surface area contributed by atoms with Crippen LogP contribution in [0.15, 0.2) is 79.4 Å². The van der Waals surface area contributed by atoms with Crippen molar-refractivity contribution in [3.8, 4) is 22.6 Å². The zero-order valence-corrected chi connectivity index (χ0v) is 17.3. The van der Waals surface area contributed by atoms with Crippen LogP contribution in [0.25, 0.3) is 22.6 Å². The summed E-state index contributed by atoms with van der Waals surface area (Å²) in [5, 5.41) is 10.6. The standard InChI is InChI=1S/C9H5BrN2O3.C9H7BrN2O/c10-7-1-6(9-4-11-5-15-9)2-8(3-7)12(13)14;10-7-1-6(2-8(11)3-7)9-4-12-5-13-9/h1-5H;1-5H,11H2. The van der Waals surface area contributed by atoms with Gasteiger partial charge in [0.2, 0.25) is 0 Å². The Balaban J connectivity index is 0.000000162. The molecule has 0 fully saturated rings. The number of rotatable bonds is 3. The highest BCUT2D eigenvalue weighted by molar-refractivity contribution is 9.10. The topological polar surface area (TPSA) is 121 Å². The largest absolute Gasteiger partial charge is 0.444 e. The molecule has 0 aliphatic rings. The lowest BCUT2D eigenvalue weighted by molar-refractivity contribution is -0.384. The minimum Gasteiger partial charge on any atom is -0.444 e. The molecule has 142 valence electrons. The van der Waals surface area contributed by atoms with Gasteiger partial charge in [-0.15, -0.1) is 0 Å². The summed E-state index contributed by atoms with van der Waals surface area (Å²) in [6, 6.07) is 10.2. The number of nitrogens with two attached hydrogens (primary N) is 1. The molecule has 0 spiro atoms. The Morgan fingerprint density at radius 2 is 1.39 bits per heavy atom. The summed E-state index contributed by atoms with van der Waals surface area (Å²) < 4.78 is 11.8. The predicted octanol–water partition coefficient (Wildman–Crippen LogP) is 5.70. The van der Waals surface area contributed by atoms with E-state index in [4.69, 9.17) is 14.6 Å². The number of non-ortho nitro benzene ring substituents is 1. The van der Waals surface area contributed by atoms with Gasteiger partial charge < -0.3 is 14.6 Å². The first-order chi connectivity index (χ1) is 13.4. The molecule has 0 saturated carbocycles. The zero-order valence-electron chi connectivity index (χ0n) is 14.1. The average molecular weight is 508 g/mol. The van der Waals surface area contributed by atoms with Crippen molar-refractivity contribution in [3.63, 3.8) is 0 Å². The fraction of sp³-hybridized carbons (Fsp3) is 0. The number of nitro groups is 1. The highest BCUT2D eigenvalue weighted by Crippen LogP contribution is 2.28. The van der Waals surface area contributed by atoms with Crippen molar-refractivity contribution in [1.29, 1.82) is 0 Å². The van der Waals surface area contributed by atoms with Crippen molar-refractivity contribution < 1.29 is 13.8 Å². The van der Waals surface area contributed by atoms with Crippen LogP contribution in [-0.4, -0.2) is 14.9 Å². The molecule has 28 heavy (non-hydrogen) atoms. The second kappa shape index (κ2) is 8.81. The molecule has 10 heteroatoms. The van der Waals surface area contributed by atoms with Gasteiger partial charge in [0.25, 0.3) is 5.69 Å². The van der Waals surface area contributed by atoms with E-state index in [0.29, 0.717) is 27.2 Å². The molecule has 2 heterocycles. The minimum absolute atomic E-state index is 0.00998. The molecule has 4 aromatic rings. The summed E-state index contributed by atoms with van der Waals surface area (Å²) >= 11 is 6.56. The normalized spacial score (nSPS) is 10.2. The highest BCUT2D eigenvalue weighted by Gasteiger charge is 2.11. The van der Waals surface area contributed by atoms with E-state index in [-0.39, 0.29) is 5.69 Å². The average Bonchev–Trinajstić information content (AvgIpc) is 3.35. The van der Waals surface area contributed by atoms with Gasteiger partial charge in [0, 0.05) is 37.9 Å². The third-order valence-electron chi connectivity index (χ3n) is 3.45. The maximum Gasteiger partial charge on any atom is 0.271 e. The smallest absolute Gasteiger partial charge is 0.271 e. The third kappa shape index (κ3) is 5.05.